The Labute approximate surface area is 90.9 Å². The molecule has 0 aliphatic heterocycles. The zero-order valence-electron chi connectivity index (χ0n) is 9.74. The van der Waals surface area contributed by atoms with Gasteiger partial charge in [0.25, 0.3) is 0 Å². The number of aliphatic carboxylic acids is 1. The highest BCUT2D eigenvalue weighted by Crippen LogP contribution is 2.25. The first kappa shape index (κ1) is 11.8. The second kappa shape index (κ2) is 4.05. The molecule has 1 atom stereocenters. The van der Waals surface area contributed by atoms with E-state index in [1.165, 1.54) is 5.56 Å². The Morgan fingerprint density at radius 3 is 2.40 bits per heavy atom. The van der Waals surface area contributed by atoms with E-state index in [1.54, 1.807) is 6.92 Å². The van der Waals surface area contributed by atoms with Gasteiger partial charge in [0, 0.05) is 0 Å². The summed E-state index contributed by atoms with van der Waals surface area (Å²) in [4.78, 5) is 10.9. The predicted octanol–water partition coefficient (Wildman–Crippen LogP) is 3.17. The quantitative estimate of drug-likeness (QED) is 0.807. The van der Waals surface area contributed by atoms with Crippen molar-refractivity contribution in [1.82, 2.24) is 0 Å². The van der Waals surface area contributed by atoms with Crippen LogP contribution in [0.25, 0.3) is 0 Å². The molecule has 82 valence electrons. The third kappa shape index (κ3) is 2.82. The molecule has 1 aromatic rings. The molecule has 1 aromatic carbocycles. The molecule has 1 rings (SSSR count). The Kier molecular flexibility index (Phi) is 3.18. The van der Waals surface area contributed by atoms with E-state index < -0.39 is 11.9 Å². The van der Waals surface area contributed by atoms with Gasteiger partial charge in [0.05, 0.1) is 5.92 Å². The molecule has 0 aliphatic rings. The predicted molar refractivity (Wildman–Crippen MR) is 61.2 cm³/mol. The van der Waals surface area contributed by atoms with Crippen LogP contribution in [0.2, 0.25) is 0 Å². The van der Waals surface area contributed by atoms with E-state index in [0.717, 1.165) is 5.56 Å². The number of benzene rings is 1. The van der Waals surface area contributed by atoms with E-state index >= 15 is 0 Å². The third-order valence-electron chi connectivity index (χ3n) is 2.62. The molecule has 0 aliphatic carbocycles. The van der Waals surface area contributed by atoms with Crippen LogP contribution in [0.15, 0.2) is 24.3 Å². The maximum atomic E-state index is 10.9. The first-order valence-electron chi connectivity index (χ1n) is 5.15. The van der Waals surface area contributed by atoms with Crippen LogP contribution in [0.3, 0.4) is 0 Å². The van der Waals surface area contributed by atoms with Gasteiger partial charge in [-0.05, 0) is 23.5 Å². The summed E-state index contributed by atoms with van der Waals surface area (Å²) < 4.78 is 0. The molecule has 0 amide bonds. The van der Waals surface area contributed by atoms with Gasteiger partial charge in [-0.1, -0.05) is 45.0 Å². The second-order valence-corrected chi connectivity index (χ2v) is 4.94. The molecule has 0 bridgehead atoms. The van der Waals surface area contributed by atoms with Gasteiger partial charge in [0.2, 0.25) is 0 Å². The smallest absolute Gasteiger partial charge is 0.310 e. The van der Waals surface area contributed by atoms with Crippen molar-refractivity contribution in [3.8, 4) is 0 Å². The fourth-order valence-electron chi connectivity index (χ4n) is 1.42. The third-order valence-corrected chi connectivity index (χ3v) is 2.62. The molecule has 0 saturated carbocycles. The molecule has 0 radical (unpaired) electrons. The second-order valence-electron chi connectivity index (χ2n) is 4.94. The summed E-state index contributed by atoms with van der Waals surface area (Å²) in [6.45, 7) is 8.08. The van der Waals surface area contributed by atoms with E-state index in [-0.39, 0.29) is 5.41 Å². The fraction of sp³-hybridized carbons (Fsp3) is 0.462. The maximum Gasteiger partial charge on any atom is 0.310 e. The summed E-state index contributed by atoms with van der Waals surface area (Å²) in [6.07, 6.45) is 0. The zero-order chi connectivity index (χ0) is 11.6. The van der Waals surface area contributed by atoms with Crippen molar-refractivity contribution >= 4 is 5.97 Å². The Bertz CT molecular complexity index is 361. The normalized spacial score (nSPS) is 13.6. The van der Waals surface area contributed by atoms with Crippen LogP contribution in [0.5, 0.6) is 0 Å². The molecule has 2 heteroatoms. The Balaban J connectivity index is 3.08. The molecular formula is C13H18O2. The van der Waals surface area contributed by atoms with Crippen LogP contribution in [0.1, 0.15) is 44.7 Å². The molecule has 0 heterocycles. The van der Waals surface area contributed by atoms with Crippen LogP contribution < -0.4 is 0 Å². The first-order valence-corrected chi connectivity index (χ1v) is 5.15. The highest BCUT2D eigenvalue weighted by atomic mass is 16.4. The van der Waals surface area contributed by atoms with Crippen molar-refractivity contribution in [1.29, 1.82) is 0 Å². The zero-order valence-corrected chi connectivity index (χ0v) is 9.74. The summed E-state index contributed by atoms with van der Waals surface area (Å²) in [5.74, 6) is -1.21. The summed E-state index contributed by atoms with van der Waals surface area (Å²) in [6, 6.07) is 7.82. The van der Waals surface area contributed by atoms with E-state index in [4.69, 9.17) is 5.11 Å². The highest BCUT2D eigenvalue weighted by molar-refractivity contribution is 5.75. The molecule has 1 unspecified atom stereocenters. The van der Waals surface area contributed by atoms with E-state index in [2.05, 4.69) is 20.8 Å². The van der Waals surface area contributed by atoms with E-state index in [9.17, 15) is 4.79 Å². The van der Waals surface area contributed by atoms with E-state index in [0.29, 0.717) is 0 Å². The molecule has 0 spiro atoms. The highest BCUT2D eigenvalue weighted by Gasteiger charge is 2.18. The maximum absolute atomic E-state index is 10.9. The van der Waals surface area contributed by atoms with Gasteiger partial charge >= 0.3 is 5.97 Å². The molecule has 0 saturated heterocycles. The standard InChI is InChI=1S/C13H18O2/c1-9(12(14)15)10-6-5-7-11(8-10)13(2,3)4/h5-9H,1-4H3,(H,14,15). The topological polar surface area (TPSA) is 37.3 Å². The average molecular weight is 206 g/mol. The monoisotopic (exact) mass is 206 g/mol. The lowest BCUT2D eigenvalue weighted by Gasteiger charge is -2.20. The van der Waals surface area contributed by atoms with Gasteiger partial charge in [-0.3, -0.25) is 4.79 Å². The number of carboxylic acid groups (broad SMARTS) is 1. The van der Waals surface area contributed by atoms with Crippen LogP contribution in [-0.4, -0.2) is 11.1 Å². The molecule has 0 aromatic heterocycles. The number of hydrogen-bond acceptors (Lipinski definition) is 1. The first-order chi connectivity index (χ1) is 6.82. The van der Waals surface area contributed by atoms with Gasteiger partial charge < -0.3 is 5.11 Å². The van der Waals surface area contributed by atoms with Crippen molar-refractivity contribution in [2.24, 2.45) is 0 Å². The van der Waals surface area contributed by atoms with Crippen molar-refractivity contribution in [3.05, 3.63) is 35.4 Å². The Morgan fingerprint density at radius 1 is 1.33 bits per heavy atom. The van der Waals surface area contributed by atoms with Crippen molar-refractivity contribution in [2.75, 3.05) is 0 Å². The fourth-order valence-corrected chi connectivity index (χ4v) is 1.42. The number of carboxylic acids is 1. The number of hydrogen-bond donors (Lipinski definition) is 1. The summed E-state index contributed by atoms with van der Waals surface area (Å²) in [5.41, 5.74) is 2.11. The van der Waals surface area contributed by atoms with Crippen LogP contribution in [-0.2, 0) is 10.2 Å². The lowest BCUT2D eigenvalue weighted by molar-refractivity contribution is -0.138. The van der Waals surface area contributed by atoms with Crippen molar-refractivity contribution < 1.29 is 9.90 Å². The molecule has 2 nitrogen and oxygen atoms in total. The minimum Gasteiger partial charge on any atom is -0.481 e. The number of carbonyl (C=O) groups is 1. The van der Waals surface area contributed by atoms with Gasteiger partial charge in [-0.15, -0.1) is 0 Å². The van der Waals surface area contributed by atoms with Crippen LogP contribution >= 0.6 is 0 Å². The Hall–Kier alpha value is -1.31. The Morgan fingerprint density at radius 2 is 1.93 bits per heavy atom. The van der Waals surface area contributed by atoms with Gasteiger partial charge in [0.15, 0.2) is 0 Å². The lowest BCUT2D eigenvalue weighted by atomic mass is 9.85. The van der Waals surface area contributed by atoms with Crippen molar-refractivity contribution in [3.63, 3.8) is 0 Å². The van der Waals surface area contributed by atoms with Crippen LogP contribution in [0, 0.1) is 0 Å². The minimum atomic E-state index is -0.777. The molecule has 15 heavy (non-hydrogen) atoms. The molecular weight excluding hydrogens is 188 g/mol. The van der Waals surface area contributed by atoms with E-state index in [1.807, 2.05) is 24.3 Å². The number of rotatable bonds is 2. The van der Waals surface area contributed by atoms with Gasteiger partial charge in [0.1, 0.15) is 0 Å². The van der Waals surface area contributed by atoms with Crippen molar-refractivity contribution in [2.45, 2.75) is 39.0 Å². The largest absolute Gasteiger partial charge is 0.481 e. The van der Waals surface area contributed by atoms with Gasteiger partial charge in [-0.25, -0.2) is 0 Å². The lowest BCUT2D eigenvalue weighted by Crippen LogP contribution is -2.13. The van der Waals surface area contributed by atoms with Crippen LogP contribution in [0.4, 0.5) is 0 Å². The SMILES string of the molecule is CC(C(=O)O)c1cccc(C(C)(C)C)c1. The summed E-state index contributed by atoms with van der Waals surface area (Å²) in [5, 5.41) is 8.93. The minimum absolute atomic E-state index is 0.0637. The average Bonchev–Trinajstić information content (AvgIpc) is 2.15. The summed E-state index contributed by atoms with van der Waals surface area (Å²) in [7, 11) is 0. The molecule has 1 N–H and O–H groups in total. The molecule has 0 fully saturated rings. The van der Waals surface area contributed by atoms with Gasteiger partial charge in [-0.2, -0.15) is 0 Å². The summed E-state index contributed by atoms with van der Waals surface area (Å²) >= 11 is 0.